The van der Waals surface area contributed by atoms with Gasteiger partial charge in [-0.2, -0.15) is 5.26 Å². The molecule has 1 N–H and O–H groups in total. The molecule has 3 rings (SSSR count). The van der Waals surface area contributed by atoms with E-state index in [-0.39, 0.29) is 10.6 Å². The molecule has 0 spiro atoms. The molecule has 3 aromatic rings. The van der Waals surface area contributed by atoms with Crippen LogP contribution in [0, 0.1) is 18.3 Å². The van der Waals surface area contributed by atoms with Gasteiger partial charge in [-0.15, -0.1) is 0 Å². The third-order valence-corrected chi connectivity index (χ3v) is 4.99. The van der Waals surface area contributed by atoms with Gasteiger partial charge in [-0.3, -0.25) is 0 Å². The summed E-state index contributed by atoms with van der Waals surface area (Å²) in [5.74, 6) is -0.505. The number of rotatable bonds is 3. The van der Waals surface area contributed by atoms with E-state index in [0.717, 1.165) is 22.2 Å². The van der Waals surface area contributed by atoms with Crippen LogP contribution in [0.15, 0.2) is 30.3 Å². The SMILES string of the molecule is COC(=O)c1ccc(Cl)c(Cc2cc3c(C)c(C#N)ccc3[nH]2)c1Cl. The lowest BCUT2D eigenvalue weighted by atomic mass is 10.0. The molecule has 0 aliphatic rings. The zero-order chi connectivity index (χ0) is 18.1. The number of halogens is 2. The van der Waals surface area contributed by atoms with Crippen molar-refractivity contribution >= 4 is 40.1 Å². The smallest absolute Gasteiger partial charge is 0.339 e. The third kappa shape index (κ3) is 3.09. The molecule has 1 aromatic heterocycles. The van der Waals surface area contributed by atoms with Crippen LogP contribution in [0.4, 0.5) is 0 Å². The van der Waals surface area contributed by atoms with Gasteiger partial charge in [0.25, 0.3) is 0 Å². The first-order chi connectivity index (χ1) is 12.0. The number of H-pyrrole nitrogens is 1. The monoisotopic (exact) mass is 372 g/mol. The van der Waals surface area contributed by atoms with Gasteiger partial charge in [0.1, 0.15) is 0 Å². The molecule has 0 atom stereocenters. The van der Waals surface area contributed by atoms with Gasteiger partial charge in [-0.05, 0) is 48.4 Å². The van der Waals surface area contributed by atoms with Crippen molar-refractivity contribution in [1.82, 2.24) is 4.98 Å². The summed E-state index contributed by atoms with van der Waals surface area (Å²) < 4.78 is 4.75. The predicted octanol–water partition coefficient (Wildman–Crippen LogP) is 5.03. The molecule has 0 saturated heterocycles. The number of fused-ring (bicyclic) bond motifs is 1. The Labute approximate surface area is 154 Å². The molecule has 0 unspecified atom stereocenters. The predicted molar refractivity (Wildman–Crippen MR) is 98.4 cm³/mol. The first-order valence-electron chi connectivity index (χ1n) is 7.52. The number of aromatic nitrogens is 1. The second-order valence-electron chi connectivity index (χ2n) is 5.66. The normalized spacial score (nSPS) is 10.7. The fraction of sp³-hybridized carbons (Fsp3) is 0.158. The summed E-state index contributed by atoms with van der Waals surface area (Å²) in [4.78, 5) is 15.1. The van der Waals surface area contributed by atoms with E-state index >= 15 is 0 Å². The van der Waals surface area contributed by atoms with E-state index in [1.165, 1.54) is 7.11 Å². The Hall–Kier alpha value is -2.48. The van der Waals surface area contributed by atoms with Crippen molar-refractivity contribution in [3.05, 3.63) is 68.3 Å². The highest BCUT2D eigenvalue weighted by Crippen LogP contribution is 2.32. The molecule has 25 heavy (non-hydrogen) atoms. The largest absolute Gasteiger partial charge is 0.465 e. The number of benzene rings is 2. The van der Waals surface area contributed by atoms with Gasteiger partial charge in [0.15, 0.2) is 0 Å². The number of esters is 1. The average Bonchev–Trinajstić information content (AvgIpc) is 3.02. The van der Waals surface area contributed by atoms with Crippen molar-refractivity contribution in [1.29, 1.82) is 5.26 Å². The van der Waals surface area contributed by atoms with Crippen LogP contribution in [0.3, 0.4) is 0 Å². The van der Waals surface area contributed by atoms with Gasteiger partial charge in [0.05, 0.1) is 29.3 Å². The molecule has 6 heteroatoms. The standard InChI is InChI=1S/C19H14Cl2N2O2/c1-10-11(9-22)3-6-17-14(10)7-12(23-17)8-15-16(20)5-4-13(18(15)21)19(24)25-2/h3-7,23H,8H2,1-2H3. The Bertz CT molecular complexity index is 1030. The Balaban J connectivity index is 2.06. The molecule has 0 fully saturated rings. The summed E-state index contributed by atoms with van der Waals surface area (Å²) in [5.41, 5.74) is 4.31. The van der Waals surface area contributed by atoms with E-state index in [1.54, 1.807) is 18.2 Å². The number of aryl methyl sites for hydroxylation is 1. The summed E-state index contributed by atoms with van der Waals surface area (Å²) >= 11 is 12.7. The molecule has 0 aliphatic heterocycles. The molecule has 126 valence electrons. The molecule has 4 nitrogen and oxygen atoms in total. The number of carbonyl (C=O) groups is 1. The zero-order valence-corrected chi connectivity index (χ0v) is 15.1. The lowest BCUT2D eigenvalue weighted by Gasteiger charge is -2.09. The van der Waals surface area contributed by atoms with Crippen LogP contribution in [-0.4, -0.2) is 18.1 Å². The van der Waals surface area contributed by atoms with Crippen LogP contribution in [0.5, 0.6) is 0 Å². The van der Waals surface area contributed by atoms with Gasteiger partial charge in [0.2, 0.25) is 0 Å². The van der Waals surface area contributed by atoms with Crippen LogP contribution in [0.2, 0.25) is 10.0 Å². The first-order valence-corrected chi connectivity index (χ1v) is 8.28. The summed E-state index contributed by atoms with van der Waals surface area (Å²) in [7, 11) is 1.31. The minimum absolute atomic E-state index is 0.280. The summed E-state index contributed by atoms with van der Waals surface area (Å²) in [6.07, 6.45) is 0.429. The van der Waals surface area contributed by atoms with Crippen LogP contribution in [0.1, 0.15) is 32.7 Å². The minimum atomic E-state index is -0.505. The molecule has 0 amide bonds. The Morgan fingerprint density at radius 3 is 2.72 bits per heavy atom. The fourth-order valence-electron chi connectivity index (χ4n) is 2.84. The topological polar surface area (TPSA) is 65.9 Å². The van der Waals surface area contributed by atoms with E-state index in [1.807, 2.05) is 19.1 Å². The number of nitriles is 1. The Morgan fingerprint density at radius 2 is 2.04 bits per heavy atom. The lowest BCUT2D eigenvalue weighted by molar-refractivity contribution is 0.0601. The maximum absolute atomic E-state index is 11.8. The summed E-state index contributed by atoms with van der Waals surface area (Å²) in [6.45, 7) is 1.91. The van der Waals surface area contributed by atoms with Crippen molar-refractivity contribution in [2.45, 2.75) is 13.3 Å². The second kappa shape index (κ2) is 6.79. The molecule has 1 heterocycles. The van der Waals surface area contributed by atoms with Crippen molar-refractivity contribution in [3.8, 4) is 6.07 Å². The summed E-state index contributed by atoms with van der Waals surface area (Å²) in [6, 6.07) is 11.0. The molecular formula is C19H14Cl2N2O2. The number of nitrogens with one attached hydrogen (secondary N) is 1. The van der Waals surface area contributed by atoms with Crippen LogP contribution < -0.4 is 0 Å². The Morgan fingerprint density at radius 1 is 1.28 bits per heavy atom. The van der Waals surface area contributed by atoms with E-state index in [0.29, 0.717) is 22.6 Å². The van der Waals surface area contributed by atoms with Crippen LogP contribution in [-0.2, 0) is 11.2 Å². The zero-order valence-electron chi connectivity index (χ0n) is 13.6. The number of aromatic amines is 1. The molecule has 2 aromatic carbocycles. The number of hydrogen-bond acceptors (Lipinski definition) is 3. The van der Waals surface area contributed by atoms with Crippen LogP contribution in [0.25, 0.3) is 10.9 Å². The van der Waals surface area contributed by atoms with E-state index in [9.17, 15) is 4.79 Å². The molecule has 0 radical (unpaired) electrons. The quantitative estimate of drug-likeness (QED) is 0.655. The third-order valence-electron chi connectivity index (χ3n) is 4.21. The van der Waals surface area contributed by atoms with Gasteiger partial charge in [-0.25, -0.2) is 4.79 Å². The Kier molecular flexibility index (Phi) is 4.71. The number of nitrogens with zero attached hydrogens (tertiary/aromatic N) is 1. The van der Waals surface area contributed by atoms with E-state index < -0.39 is 5.97 Å². The number of ether oxygens (including phenoxy) is 1. The van der Waals surface area contributed by atoms with Gasteiger partial charge < -0.3 is 9.72 Å². The van der Waals surface area contributed by atoms with Crippen molar-refractivity contribution in [2.75, 3.05) is 7.11 Å². The summed E-state index contributed by atoms with van der Waals surface area (Å²) in [5, 5.41) is 10.9. The maximum Gasteiger partial charge on any atom is 0.339 e. The van der Waals surface area contributed by atoms with Crippen LogP contribution >= 0.6 is 23.2 Å². The highest BCUT2D eigenvalue weighted by Gasteiger charge is 2.18. The van der Waals surface area contributed by atoms with Gasteiger partial charge in [-0.1, -0.05) is 23.2 Å². The first kappa shape index (κ1) is 17.3. The van der Waals surface area contributed by atoms with E-state index in [4.69, 9.17) is 33.2 Å². The molecule has 0 saturated carbocycles. The van der Waals surface area contributed by atoms with Gasteiger partial charge in [0, 0.05) is 28.0 Å². The highest BCUT2D eigenvalue weighted by atomic mass is 35.5. The average molecular weight is 373 g/mol. The number of hydrogen-bond donors (Lipinski definition) is 1. The fourth-order valence-corrected chi connectivity index (χ4v) is 3.42. The number of carbonyl (C=O) groups excluding carboxylic acids is 1. The number of methoxy groups -OCH3 is 1. The van der Waals surface area contributed by atoms with Gasteiger partial charge >= 0.3 is 5.97 Å². The van der Waals surface area contributed by atoms with Crippen molar-refractivity contribution in [2.24, 2.45) is 0 Å². The highest BCUT2D eigenvalue weighted by molar-refractivity contribution is 6.38. The molecular weight excluding hydrogens is 359 g/mol. The minimum Gasteiger partial charge on any atom is -0.465 e. The van der Waals surface area contributed by atoms with Crippen molar-refractivity contribution < 1.29 is 9.53 Å². The van der Waals surface area contributed by atoms with E-state index in [2.05, 4.69) is 11.1 Å². The second-order valence-corrected chi connectivity index (χ2v) is 6.45. The maximum atomic E-state index is 11.8. The molecule has 0 aliphatic carbocycles. The molecule has 0 bridgehead atoms. The lowest BCUT2D eigenvalue weighted by Crippen LogP contribution is -2.04. The van der Waals surface area contributed by atoms with Crippen molar-refractivity contribution in [3.63, 3.8) is 0 Å².